The number of carbonyl (C=O) groups is 1. The molecule has 0 spiro atoms. The van der Waals surface area contributed by atoms with Gasteiger partial charge in [-0.3, -0.25) is 4.79 Å². The molecule has 2 rings (SSSR count). The highest BCUT2D eigenvalue weighted by Crippen LogP contribution is 2.11. The van der Waals surface area contributed by atoms with E-state index in [-0.39, 0.29) is 5.78 Å². The molecule has 90 valence electrons. The molecule has 0 bridgehead atoms. The summed E-state index contributed by atoms with van der Waals surface area (Å²) in [7, 11) is 0. The number of rotatable bonds is 3. The maximum absolute atomic E-state index is 12.1. The molecule has 2 nitrogen and oxygen atoms in total. The molecule has 0 unspecified atom stereocenters. The van der Waals surface area contributed by atoms with Crippen molar-refractivity contribution in [3.8, 4) is 12.8 Å². The number of terminal acetylenes is 1. The maximum atomic E-state index is 12.1. The van der Waals surface area contributed by atoms with Gasteiger partial charge in [0.25, 0.3) is 0 Å². The van der Waals surface area contributed by atoms with Crippen molar-refractivity contribution in [3.63, 3.8) is 0 Å². The summed E-state index contributed by atoms with van der Waals surface area (Å²) in [5.74, 6) is 0.0379. The zero-order valence-corrected chi connectivity index (χ0v) is 10.0. The molecule has 0 heterocycles. The van der Waals surface area contributed by atoms with Gasteiger partial charge >= 0.3 is 0 Å². The number of hydrogen-bond donors (Lipinski definition) is 1. The van der Waals surface area contributed by atoms with E-state index in [1.807, 2.05) is 54.6 Å². The van der Waals surface area contributed by atoms with Crippen LogP contribution in [0, 0.1) is 12.8 Å². The first-order valence-electron chi connectivity index (χ1n) is 5.53. The van der Waals surface area contributed by atoms with E-state index in [1.165, 1.54) is 0 Å². The average molecular weight is 237 g/mol. The third kappa shape index (κ3) is 3.31. The quantitative estimate of drug-likeness (QED) is 0.658. The predicted octanol–water partition coefficient (Wildman–Crippen LogP) is 2.63. The average Bonchev–Trinajstić information content (AvgIpc) is 2.49. The molecule has 0 atom stereocenters. The Morgan fingerprint density at radius 1 is 0.944 bits per heavy atom. The van der Waals surface area contributed by atoms with Crippen molar-refractivity contribution >= 4 is 5.78 Å². The second kappa shape index (κ2) is 7.05. The summed E-state index contributed by atoms with van der Waals surface area (Å²) in [6.07, 6.45) is 8.00. The molecule has 0 fully saturated rings. The minimum Gasteiger partial charge on any atom is -0.326 e. The van der Waals surface area contributed by atoms with E-state index in [2.05, 4.69) is 12.8 Å². The van der Waals surface area contributed by atoms with Gasteiger partial charge in [0.2, 0.25) is 0 Å². The van der Waals surface area contributed by atoms with Gasteiger partial charge in [-0.1, -0.05) is 48.5 Å². The molecule has 0 aliphatic heterocycles. The Balaban J connectivity index is 0.000000771. The largest absolute Gasteiger partial charge is 0.326 e. The van der Waals surface area contributed by atoms with Crippen molar-refractivity contribution in [2.45, 2.75) is 6.54 Å². The third-order valence-corrected chi connectivity index (χ3v) is 2.46. The lowest BCUT2D eigenvalue weighted by Crippen LogP contribution is -2.03. The third-order valence-electron chi connectivity index (χ3n) is 2.46. The van der Waals surface area contributed by atoms with Crippen molar-refractivity contribution in [2.24, 2.45) is 5.73 Å². The SMILES string of the molecule is C#C.NCc1cccc(C(=O)c2ccccc2)c1. The van der Waals surface area contributed by atoms with Crippen molar-refractivity contribution in [3.05, 3.63) is 71.3 Å². The van der Waals surface area contributed by atoms with E-state index in [9.17, 15) is 4.79 Å². The van der Waals surface area contributed by atoms with Crippen LogP contribution in [0.1, 0.15) is 21.5 Å². The van der Waals surface area contributed by atoms with Crippen LogP contribution in [0.3, 0.4) is 0 Å². The number of carbonyl (C=O) groups excluding carboxylic acids is 1. The standard InChI is InChI=1S/C14H13NO.C2H2/c15-10-11-5-4-8-13(9-11)14(16)12-6-2-1-3-7-12;1-2/h1-9H,10,15H2;1-2H. The van der Waals surface area contributed by atoms with E-state index in [1.54, 1.807) is 0 Å². The Morgan fingerprint density at radius 2 is 1.56 bits per heavy atom. The van der Waals surface area contributed by atoms with Crippen LogP contribution in [0.5, 0.6) is 0 Å². The predicted molar refractivity (Wildman–Crippen MR) is 74.1 cm³/mol. The van der Waals surface area contributed by atoms with Gasteiger partial charge in [-0.2, -0.15) is 0 Å². The van der Waals surface area contributed by atoms with Gasteiger partial charge in [0.1, 0.15) is 0 Å². The van der Waals surface area contributed by atoms with Crippen LogP contribution < -0.4 is 5.73 Å². The van der Waals surface area contributed by atoms with Gasteiger partial charge in [0.05, 0.1) is 0 Å². The molecule has 2 N–H and O–H groups in total. The van der Waals surface area contributed by atoms with E-state index in [0.717, 1.165) is 5.56 Å². The van der Waals surface area contributed by atoms with Crippen molar-refractivity contribution < 1.29 is 4.79 Å². The zero-order chi connectivity index (χ0) is 13.4. The molecule has 2 aromatic rings. The van der Waals surface area contributed by atoms with Crippen molar-refractivity contribution in [1.82, 2.24) is 0 Å². The summed E-state index contributed by atoms with van der Waals surface area (Å²) in [5.41, 5.74) is 7.91. The first-order chi connectivity index (χ1) is 8.81. The maximum Gasteiger partial charge on any atom is 0.193 e. The second-order valence-electron chi connectivity index (χ2n) is 3.60. The lowest BCUT2D eigenvalue weighted by atomic mass is 10.0. The summed E-state index contributed by atoms with van der Waals surface area (Å²) in [6, 6.07) is 16.7. The minimum atomic E-state index is 0.0379. The van der Waals surface area contributed by atoms with E-state index >= 15 is 0 Å². The zero-order valence-electron chi connectivity index (χ0n) is 10.0. The van der Waals surface area contributed by atoms with Gasteiger partial charge in [-0.15, -0.1) is 12.8 Å². The van der Waals surface area contributed by atoms with Crippen LogP contribution >= 0.6 is 0 Å². The van der Waals surface area contributed by atoms with Gasteiger partial charge in [-0.05, 0) is 11.6 Å². The molecular formula is C16H15NO. The topological polar surface area (TPSA) is 43.1 Å². The summed E-state index contributed by atoms with van der Waals surface area (Å²) < 4.78 is 0. The first-order valence-corrected chi connectivity index (χ1v) is 5.53. The molecule has 2 aromatic carbocycles. The molecule has 0 radical (unpaired) electrons. The Kier molecular flexibility index (Phi) is 5.37. The van der Waals surface area contributed by atoms with E-state index in [0.29, 0.717) is 17.7 Å². The smallest absolute Gasteiger partial charge is 0.193 e. The van der Waals surface area contributed by atoms with Gasteiger partial charge < -0.3 is 5.73 Å². The Bertz CT molecular complexity index is 529. The van der Waals surface area contributed by atoms with Gasteiger partial charge in [0.15, 0.2) is 5.78 Å². The highest BCUT2D eigenvalue weighted by Gasteiger charge is 2.07. The fourth-order valence-electron chi connectivity index (χ4n) is 1.60. The van der Waals surface area contributed by atoms with Gasteiger partial charge in [-0.25, -0.2) is 0 Å². The van der Waals surface area contributed by atoms with Crippen molar-refractivity contribution in [2.75, 3.05) is 0 Å². The van der Waals surface area contributed by atoms with Crippen LogP contribution in [-0.2, 0) is 6.54 Å². The summed E-state index contributed by atoms with van der Waals surface area (Å²) >= 11 is 0. The molecule has 0 amide bonds. The second-order valence-corrected chi connectivity index (χ2v) is 3.60. The first kappa shape index (κ1) is 13.7. The Hall–Kier alpha value is -2.37. The summed E-state index contributed by atoms with van der Waals surface area (Å²) in [6.45, 7) is 0.454. The molecule has 0 aliphatic carbocycles. The molecule has 18 heavy (non-hydrogen) atoms. The molecular weight excluding hydrogens is 222 g/mol. The fourth-order valence-corrected chi connectivity index (χ4v) is 1.60. The normalized spacial score (nSPS) is 9.06. The highest BCUT2D eigenvalue weighted by atomic mass is 16.1. The van der Waals surface area contributed by atoms with E-state index < -0.39 is 0 Å². The fraction of sp³-hybridized carbons (Fsp3) is 0.0625. The monoisotopic (exact) mass is 237 g/mol. The van der Waals surface area contributed by atoms with Gasteiger partial charge in [0, 0.05) is 17.7 Å². The summed E-state index contributed by atoms with van der Waals surface area (Å²) in [5, 5.41) is 0. The number of hydrogen-bond acceptors (Lipinski definition) is 2. The summed E-state index contributed by atoms with van der Waals surface area (Å²) in [4.78, 5) is 12.1. The van der Waals surface area contributed by atoms with Crippen LogP contribution in [0.25, 0.3) is 0 Å². The molecule has 2 heteroatoms. The number of nitrogens with two attached hydrogens (primary N) is 1. The van der Waals surface area contributed by atoms with Crippen LogP contribution in [-0.4, -0.2) is 5.78 Å². The molecule has 0 saturated heterocycles. The van der Waals surface area contributed by atoms with Crippen LogP contribution in [0.15, 0.2) is 54.6 Å². The number of ketones is 1. The lowest BCUT2D eigenvalue weighted by molar-refractivity contribution is 0.103. The van der Waals surface area contributed by atoms with Crippen LogP contribution in [0.2, 0.25) is 0 Å². The molecule has 0 aliphatic rings. The van der Waals surface area contributed by atoms with Crippen LogP contribution in [0.4, 0.5) is 0 Å². The Labute approximate surface area is 107 Å². The Morgan fingerprint density at radius 3 is 2.17 bits per heavy atom. The molecule has 0 saturated carbocycles. The molecule has 0 aromatic heterocycles. The lowest BCUT2D eigenvalue weighted by Gasteiger charge is -2.03. The van der Waals surface area contributed by atoms with Crippen molar-refractivity contribution in [1.29, 1.82) is 0 Å². The van der Waals surface area contributed by atoms with E-state index in [4.69, 9.17) is 5.73 Å². The minimum absolute atomic E-state index is 0.0379. The number of benzene rings is 2. The highest BCUT2D eigenvalue weighted by molar-refractivity contribution is 6.09.